The summed E-state index contributed by atoms with van der Waals surface area (Å²) in [6, 6.07) is 21.0. The van der Waals surface area contributed by atoms with Crippen LogP contribution in [0.3, 0.4) is 0 Å². The quantitative estimate of drug-likeness (QED) is 0.590. The molecule has 7 heteroatoms. The minimum atomic E-state index is -4.05. The average molecular weight is 462 g/mol. The zero-order valence-corrected chi connectivity index (χ0v) is 17.1. The highest BCUT2D eigenvalue weighted by Gasteiger charge is 2.27. The third-order valence-electron chi connectivity index (χ3n) is 4.23. The van der Waals surface area contributed by atoms with Gasteiger partial charge < -0.3 is 0 Å². The van der Waals surface area contributed by atoms with E-state index < -0.39 is 21.8 Å². The van der Waals surface area contributed by atoms with Crippen molar-refractivity contribution in [2.75, 3.05) is 0 Å². The molecule has 0 unspecified atom stereocenters. The van der Waals surface area contributed by atoms with Crippen LogP contribution in [0, 0.1) is 5.82 Å². The molecular formula is C21H17BrFNO3S. The molecule has 0 aliphatic heterocycles. The van der Waals surface area contributed by atoms with Crippen molar-refractivity contribution in [2.24, 2.45) is 0 Å². The lowest BCUT2D eigenvalue weighted by Crippen LogP contribution is -2.35. The molecule has 0 aromatic heterocycles. The molecule has 3 aromatic carbocycles. The van der Waals surface area contributed by atoms with Gasteiger partial charge in [0.25, 0.3) is 10.0 Å². The molecule has 1 amide bonds. The first kappa shape index (κ1) is 20.2. The molecule has 0 radical (unpaired) electrons. The molecule has 3 aromatic rings. The van der Waals surface area contributed by atoms with E-state index in [0.717, 1.165) is 5.56 Å². The van der Waals surface area contributed by atoms with Crippen molar-refractivity contribution >= 4 is 31.9 Å². The summed E-state index contributed by atoms with van der Waals surface area (Å²) in [6.07, 6.45) is 0.238. The normalized spacial score (nSPS) is 12.4. The molecule has 0 bridgehead atoms. The lowest BCUT2D eigenvalue weighted by molar-refractivity contribution is -0.120. The number of amides is 1. The number of rotatable bonds is 6. The molecular weight excluding hydrogens is 445 g/mol. The van der Waals surface area contributed by atoms with Gasteiger partial charge >= 0.3 is 0 Å². The van der Waals surface area contributed by atoms with E-state index in [1.165, 1.54) is 18.2 Å². The number of nitrogens with one attached hydrogen (secondary N) is 1. The Morgan fingerprint density at radius 1 is 0.929 bits per heavy atom. The molecule has 1 atom stereocenters. The van der Waals surface area contributed by atoms with E-state index in [1.807, 2.05) is 6.07 Å². The Kier molecular flexibility index (Phi) is 6.26. The second-order valence-corrected chi connectivity index (χ2v) is 8.70. The van der Waals surface area contributed by atoms with Crippen LogP contribution in [0.1, 0.15) is 17.0 Å². The van der Waals surface area contributed by atoms with Gasteiger partial charge in [-0.05, 0) is 57.7 Å². The van der Waals surface area contributed by atoms with Crippen LogP contribution in [0.2, 0.25) is 0 Å². The largest absolute Gasteiger partial charge is 0.273 e. The van der Waals surface area contributed by atoms with Crippen LogP contribution in [-0.2, 0) is 21.2 Å². The van der Waals surface area contributed by atoms with Gasteiger partial charge in [0, 0.05) is 4.47 Å². The van der Waals surface area contributed by atoms with E-state index in [4.69, 9.17) is 0 Å². The summed E-state index contributed by atoms with van der Waals surface area (Å²) in [7, 11) is -4.05. The summed E-state index contributed by atoms with van der Waals surface area (Å²) in [4.78, 5) is 12.9. The van der Waals surface area contributed by atoms with Crippen LogP contribution in [0.5, 0.6) is 0 Å². The number of hydrogen-bond donors (Lipinski definition) is 1. The minimum absolute atomic E-state index is 0.0167. The summed E-state index contributed by atoms with van der Waals surface area (Å²) in [5.74, 6) is -1.77. The van der Waals surface area contributed by atoms with Gasteiger partial charge in [-0.15, -0.1) is 0 Å². The molecule has 0 heterocycles. The van der Waals surface area contributed by atoms with Gasteiger partial charge in [-0.2, -0.15) is 0 Å². The molecule has 0 aliphatic rings. The first-order valence-electron chi connectivity index (χ1n) is 8.47. The molecule has 0 aliphatic carbocycles. The molecule has 0 fully saturated rings. The third kappa shape index (κ3) is 4.85. The first-order chi connectivity index (χ1) is 13.4. The second kappa shape index (κ2) is 8.67. The Labute approximate surface area is 171 Å². The van der Waals surface area contributed by atoms with Crippen molar-refractivity contribution in [3.05, 3.63) is 100 Å². The molecule has 0 saturated carbocycles. The highest BCUT2D eigenvalue weighted by molar-refractivity contribution is 9.10. The lowest BCUT2D eigenvalue weighted by atomic mass is 9.91. The standard InChI is InChI=1S/C21H17BrFNO3S/c22-19-8-4-5-9-20(19)28(26,27)24-21(25)18(16-6-2-1-3-7-16)14-15-10-12-17(23)13-11-15/h1-13,18H,14H2,(H,24,25)/t18-/m0/s1. The smallest absolute Gasteiger partial charge is 0.265 e. The lowest BCUT2D eigenvalue weighted by Gasteiger charge is -2.18. The fourth-order valence-corrected chi connectivity index (χ4v) is 4.85. The van der Waals surface area contributed by atoms with E-state index in [-0.39, 0.29) is 17.1 Å². The Morgan fingerprint density at radius 2 is 1.54 bits per heavy atom. The molecule has 3 rings (SSSR count). The number of carbonyl (C=O) groups is 1. The van der Waals surface area contributed by atoms with Gasteiger partial charge in [0.2, 0.25) is 5.91 Å². The SMILES string of the molecule is O=C(NS(=O)(=O)c1ccccc1Br)[C@@H](Cc1ccc(F)cc1)c1ccccc1. The fourth-order valence-electron chi connectivity index (χ4n) is 2.82. The van der Waals surface area contributed by atoms with Crippen LogP contribution >= 0.6 is 15.9 Å². The molecule has 4 nitrogen and oxygen atoms in total. The van der Waals surface area contributed by atoms with Crippen molar-refractivity contribution in [2.45, 2.75) is 17.2 Å². The predicted octanol–water partition coefficient (Wildman–Crippen LogP) is 4.42. The molecule has 1 N–H and O–H groups in total. The van der Waals surface area contributed by atoms with Gasteiger partial charge in [-0.1, -0.05) is 54.6 Å². The number of sulfonamides is 1. The van der Waals surface area contributed by atoms with Gasteiger partial charge in [0.1, 0.15) is 10.7 Å². The summed E-state index contributed by atoms with van der Waals surface area (Å²) in [6.45, 7) is 0. The molecule has 0 spiro atoms. The Hall–Kier alpha value is -2.51. The fraction of sp³-hybridized carbons (Fsp3) is 0.0952. The maximum absolute atomic E-state index is 13.2. The zero-order valence-electron chi connectivity index (χ0n) is 14.7. The van der Waals surface area contributed by atoms with Gasteiger partial charge in [-0.25, -0.2) is 17.5 Å². The van der Waals surface area contributed by atoms with Crippen molar-refractivity contribution in [3.8, 4) is 0 Å². The number of halogens is 2. The second-order valence-electron chi connectivity index (χ2n) is 6.19. The van der Waals surface area contributed by atoms with Crippen LogP contribution in [-0.4, -0.2) is 14.3 Å². The maximum atomic E-state index is 13.2. The van der Waals surface area contributed by atoms with E-state index in [9.17, 15) is 17.6 Å². The van der Waals surface area contributed by atoms with E-state index in [0.29, 0.717) is 10.0 Å². The molecule has 28 heavy (non-hydrogen) atoms. The minimum Gasteiger partial charge on any atom is -0.273 e. The predicted molar refractivity (Wildman–Crippen MR) is 109 cm³/mol. The monoisotopic (exact) mass is 461 g/mol. The maximum Gasteiger partial charge on any atom is 0.265 e. The highest BCUT2D eigenvalue weighted by Crippen LogP contribution is 2.25. The van der Waals surface area contributed by atoms with Gasteiger partial charge in [0.15, 0.2) is 0 Å². The van der Waals surface area contributed by atoms with Crippen LogP contribution in [0.15, 0.2) is 88.2 Å². The number of benzene rings is 3. The number of hydrogen-bond acceptors (Lipinski definition) is 3. The topological polar surface area (TPSA) is 63.2 Å². The van der Waals surface area contributed by atoms with Crippen molar-refractivity contribution in [3.63, 3.8) is 0 Å². The Morgan fingerprint density at radius 3 is 2.18 bits per heavy atom. The van der Waals surface area contributed by atoms with Gasteiger partial charge in [0.05, 0.1) is 5.92 Å². The zero-order chi connectivity index (χ0) is 20.1. The van der Waals surface area contributed by atoms with Crippen LogP contribution in [0.4, 0.5) is 4.39 Å². The van der Waals surface area contributed by atoms with Crippen molar-refractivity contribution < 1.29 is 17.6 Å². The van der Waals surface area contributed by atoms with E-state index in [2.05, 4.69) is 20.7 Å². The summed E-state index contributed by atoms with van der Waals surface area (Å²) >= 11 is 3.20. The van der Waals surface area contributed by atoms with Crippen LogP contribution in [0.25, 0.3) is 0 Å². The third-order valence-corrected chi connectivity index (χ3v) is 6.59. The van der Waals surface area contributed by atoms with Crippen LogP contribution < -0.4 is 4.72 Å². The highest BCUT2D eigenvalue weighted by atomic mass is 79.9. The number of carbonyl (C=O) groups excluding carboxylic acids is 1. The Bertz CT molecular complexity index is 1070. The van der Waals surface area contributed by atoms with Crippen molar-refractivity contribution in [1.29, 1.82) is 0 Å². The van der Waals surface area contributed by atoms with Crippen molar-refractivity contribution in [1.82, 2.24) is 4.72 Å². The average Bonchev–Trinajstić information content (AvgIpc) is 2.68. The molecule has 144 valence electrons. The van der Waals surface area contributed by atoms with Gasteiger partial charge in [-0.3, -0.25) is 4.79 Å². The summed E-state index contributed by atoms with van der Waals surface area (Å²) in [5.41, 5.74) is 1.40. The van der Waals surface area contributed by atoms with E-state index >= 15 is 0 Å². The molecule has 0 saturated heterocycles. The summed E-state index contributed by atoms with van der Waals surface area (Å²) in [5, 5.41) is 0. The summed E-state index contributed by atoms with van der Waals surface area (Å²) < 4.78 is 41.1. The van der Waals surface area contributed by atoms with E-state index in [1.54, 1.807) is 54.6 Å². The Balaban J connectivity index is 1.90. The first-order valence-corrected chi connectivity index (χ1v) is 10.7.